The summed E-state index contributed by atoms with van der Waals surface area (Å²) in [5.74, 6) is 0.476. The first kappa shape index (κ1) is 8.05. The number of carbonyl (C=O) groups is 1. The number of esters is 1. The van der Waals surface area contributed by atoms with E-state index in [0.29, 0.717) is 12.0 Å². The van der Waals surface area contributed by atoms with E-state index in [1.807, 2.05) is 0 Å². The van der Waals surface area contributed by atoms with Crippen molar-refractivity contribution in [1.29, 1.82) is 0 Å². The molecular formula is C9H15NO2. The van der Waals surface area contributed by atoms with Crippen molar-refractivity contribution in [2.45, 2.75) is 37.8 Å². The Morgan fingerprint density at radius 2 is 2.17 bits per heavy atom. The molecule has 0 aromatic rings. The molecule has 1 aliphatic heterocycles. The topological polar surface area (TPSA) is 38.3 Å². The first-order chi connectivity index (χ1) is 5.83. The Labute approximate surface area is 72.5 Å². The van der Waals surface area contributed by atoms with E-state index in [1.165, 1.54) is 32.8 Å². The molecule has 3 nitrogen and oxygen atoms in total. The summed E-state index contributed by atoms with van der Waals surface area (Å²) >= 11 is 0. The Balaban J connectivity index is 1.92. The quantitative estimate of drug-likeness (QED) is 0.587. The molecule has 2 fully saturated rings. The molecule has 1 heterocycles. The minimum Gasteiger partial charge on any atom is -0.468 e. The molecule has 2 rings (SSSR count). The lowest BCUT2D eigenvalue weighted by atomic mass is 9.73. The van der Waals surface area contributed by atoms with Gasteiger partial charge in [0, 0.05) is 12.0 Å². The van der Waals surface area contributed by atoms with Gasteiger partial charge in [0.05, 0.1) is 7.11 Å². The first-order valence-electron chi connectivity index (χ1n) is 4.67. The minimum absolute atomic E-state index is 0.000278. The molecule has 1 saturated carbocycles. The average molecular weight is 169 g/mol. The van der Waals surface area contributed by atoms with Gasteiger partial charge in [-0.3, -0.25) is 4.79 Å². The Morgan fingerprint density at radius 1 is 1.42 bits per heavy atom. The van der Waals surface area contributed by atoms with Gasteiger partial charge in [-0.2, -0.15) is 0 Å². The van der Waals surface area contributed by atoms with Crippen LogP contribution in [0.1, 0.15) is 25.7 Å². The monoisotopic (exact) mass is 169 g/mol. The van der Waals surface area contributed by atoms with Gasteiger partial charge < -0.3 is 10.1 Å². The van der Waals surface area contributed by atoms with Gasteiger partial charge in [-0.25, -0.2) is 0 Å². The number of methoxy groups -OCH3 is 1. The molecule has 1 saturated heterocycles. The summed E-state index contributed by atoms with van der Waals surface area (Å²) in [6.07, 6.45) is 5.01. The SMILES string of the molecule is COC(=O)C1NC2CCCCC21. The molecule has 1 aliphatic carbocycles. The van der Waals surface area contributed by atoms with E-state index in [-0.39, 0.29) is 12.0 Å². The third-order valence-electron chi connectivity index (χ3n) is 3.10. The van der Waals surface area contributed by atoms with E-state index in [0.717, 1.165) is 0 Å². The van der Waals surface area contributed by atoms with Crippen LogP contribution < -0.4 is 5.32 Å². The van der Waals surface area contributed by atoms with Crippen LogP contribution in [0.3, 0.4) is 0 Å². The van der Waals surface area contributed by atoms with Gasteiger partial charge in [-0.15, -0.1) is 0 Å². The lowest BCUT2D eigenvalue weighted by Crippen LogP contribution is -2.65. The fraction of sp³-hybridized carbons (Fsp3) is 0.889. The Hall–Kier alpha value is -0.570. The van der Waals surface area contributed by atoms with Crippen molar-refractivity contribution in [1.82, 2.24) is 5.32 Å². The maximum Gasteiger partial charge on any atom is 0.323 e. The molecule has 12 heavy (non-hydrogen) atoms. The smallest absolute Gasteiger partial charge is 0.323 e. The number of hydrogen-bond acceptors (Lipinski definition) is 3. The molecule has 0 radical (unpaired) electrons. The highest BCUT2D eigenvalue weighted by atomic mass is 16.5. The van der Waals surface area contributed by atoms with Crippen LogP contribution in [0.5, 0.6) is 0 Å². The number of carbonyl (C=O) groups excluding carboxylic acids is 1. The van der Waals surface area contributed by atoms with E-state index in [1.54, 1.807) is 0 Å². The molecule has 0 aromatic carbocycles. The summed E-state index contributed by atoms with van der Waals surface area (Å²) in [5, 5.41) is 3.26. The van der Waals surface area contributed by atoms with Gasteiger partial charge in [0.1, 0.15) is 6.04 Å². The van der Waals surface area contributed by atoms with Gasteiger partial charge in [-0.1, -0.05) is 12.8 Å². The molecule has 3 unspecified atom stereocenters. The molecule has 0 aromatic heterocycles. The van der Waals surface area contributed by atoms with Crippen molar-refractivity contribution >= 4 is 5.97 Å². The zero-order chi connectivity index (χ0) is 8.55. The van der Waals surface area contributed by atoms with Crippen molar-refractivity contribution in [3.8, 4) is 0 Å². The molecule has 3 atom stereocenters. The molecular weight excluding hydrogens is 154 g/mol. The van der Waals surface area contributed by atoms with Crippen LogP contribution in [0.15, 0.2) is 0 Å². The second-order valence-corrected chi connectivity index (χ2v) is 3.72. The maximum atomic E-state index is 11.2. The zero-order valence-electron chi connectivity index (χ0n) is 7.38. The lowest BCUT2D eigenvalue weighted by molar-refractivity contribution is -0.150. The predicted octanol–water partition coefficient (Wildman–Crippen LogP) is 0.690. The van der Waals surface area contributed by atoms with Crippen LogP contribution >= 0.6 is 0 Å². The number of fused-ring (bicyclic) bond motifs is 1. The first-order valence-corrected chi connectivity index (χ1v) is 4.67. The number of rotatable bonds is 1. The normalized spacial score (nSPS) is 39.6. The van der Waals surface area contributed by atoms with Gasteiger partial charge in [-0.05, 0) is 12.8 Å². The third-order valence-corrected chi connectivity index (χ3v) is 3.10. The van der Waals surface area contributed by atoms with Gasteiger partial charge >= 0.3 is 5.97 Å². The standard InChI is InChI=1S/C9H15NO2/c1-12-9(11)8-6-4-2-3-5-7(6)10-8/h6-8,10H,2-5H2,1H3. The van der Waals surface area contributed by atoms with Crippen molar-refractivity contribution in [2.75, 3.05) is 7.11 Å². The van der Waals surface area contributed by atoms with Crippen LogP contribution in [0.4, 0.5) is 0 Å². The number of ether oxygens (including phenoxy) is 1. The zero-order valence-corrected chi connectivity index (χ0v) is 7.38. The summed E-state index contributed by atoms with van der Waals surface area (Å²) in [4.78, 5) is 11.2. The van der Waals surface area contributed by atoms with Crippen molar-refractivity contribution < 1.29 is 9.53 Å². The fourth-order valence-electron chi connectivity index (χ4n) is 2.37. The highest BCUT2D eigenvalue weighted by Gasteiger charge is 2.45. The minimum atomic E-state index is -0.0850. The van der Waals surface area contributed by atoms with E-state index in [2.05, 4.69) is 5.32 Å². The molecule has 2 aliphatic rings. The predicted molar refractivity (Wildman–Crippen MR) is 44.7 cm³/mol. The highest BCUT2D eigenvalue weighted by Crippen LogP contribution is 2.34. The molecule has 0 bridgehead atoms. The van der Waals surface area contributed by atoms with Gasteiger partial charge in [0.15, 0.2) is 0 Å². The summed E-state index contributed by atoms with van der Waals surface area (Å²) in [7, 11) is 1.46. The second-order valence-electron chi connectivity index (χ2n) is 3.72. The van der Waals surface area contributed by atoms with E-state index >= 15 is 0 Å². The van der Waals surface area contributed by atoms with Crippen molar-refractivity contribution in [3.63, 3.8) is 0 Å². The van der Waals surface area contributed by atoms with Crippen LogP contribution in [-0.4, -0.2) is 25.2 Å². The van der Waals surface area contributed by atoms with Crippen LogP contribution in [0, 0.1) is 5.92 Å². The van der Waals surface area contributed by atoms with E-state index in [9.17, 15) is 4.79 Å². The van der Waals surface area contributed by atoms with Crippen LogP contribution in [0.25, 0.3) is 0 Å². The Bertz CT molecular complexity index is 193. The third kappa shape index (κ3) is 1.12. The van der Waals surface area contributed by atoms with Crippen LogP contribution in [0.2, 0.25) is 0 Å². The summed E-state index contributed by atoms with van der Waals surface area (Å²) in [5.41, 5.74) is 0. The summed E-state index contributed by atoms with van der Waals surface area (Å²) in [6, 6.07) is 0.600. The largest absolute Gasteiger partial charge is 0.468 e. The van der Waals surface area contributed by atoms with Gasteiger partial charge in [0.25, 0.3) is 0 Å². The summed E-state index contributed by atoms with van der Waals surface area (Å²) in [6.45, 7) is 0. The lowest BCUT2D eigenvalue weighted by Gasteiger charge is -2.47. The highest BCUT2D eigenvalue weighted by molar-refractivity contribution is 5.77. The Morgan fingerprint density at radius 3 is 2.83 bits per heavy atom. The van der Waals surface area contributed by atoms with Crippen molar-refractivity contribution in [2.24, 2.45) is 5.92 Å². The van der Waals surface area contributed by atoms with Gasteiger partial charge in [0.2, 0.25) is 0 Å². The van der Waals surface area contributed by atoms with Crippen molar-refractivity contribution in [3.05, 3.63) is 0 Å². The number of nitrogens with one attached hydrogen (secondary N) is 1. The second kappa shape index (κ2) is 3.05. The fourth-order valence-corrected chi connectivity index (χ4v) is 2.37. The maximum absolute atomic E-state index is 11.2. The van der Waals surface area contributed by atoms with E-state index < -0.39 is 0 Å². The average Bonchev–Trinajstić information content (AvgIpc) is 2.07. The Kier molecular flexibility index (Phi) is 2.05. The van der Waals surface area contributed by atoms with E-state index in [4.69, 9.17) is 4.74 Å². The van der Waals surface area contributed by atoms with Crippen LogP contribution in [-0.2, 0) is 9.53 Å². The molecule has 0 spiro atoms. The molecule has 1 N–H and O–H groups in total. The molecule has 68 valence electrons. The molecule has 0 amide bonds. The summed E-state index contributed by atoms with van der Waals surface area (Å²) < 4.78 is 4.70. The number of hydrogen-bond donors (Lipinski definition) is 1. The molecule has 3 heteroatoms.